The van der Waals surface area contributed by atoms with E-state index >= 15 is 0 Å². The molecule has 2 aromatic rings. The molecule has 0 unspecified atom stereocenters. The summed E-state index contributed by atoms with van der Waals surface area (Å²) < 4.78 is 0. The van der Waals surface area contributed by atoms with Crippen LogP contribution in [0, 0.1) is 6.92 Å². The molecule has 4 nitrogen and oxygen atoms in total. The number of phenols is 1. The zero-order valence-electron chi connectivity index (χ0n) is 8.31. The molecule has 0 amide bonds. The molecule has 1 aromatic carbocycles. The van der Waals surface area contributed by atoms with E-state index in [0.717, 1.165) is 11.3 Å². The van der Waals surface area contributed by atoms with Gasteiger partial charge in [0, 0.05) is 17.3 Å². The van der Waals surface area contributed by atoms with Crippen LogP contribution >= 0.6 is 0 Å². The van der Waals surface area contributed by atoms with E-state index in [9.17, 15) is 5.11 Å². The number of aromatic nitrogens is 2. The van der Waals surface area contributed by atoms with Crippen LogP contribution in [0.1, 0.15) is 5.69 Å². The van der Waals surface area contributed by atoms with Crippen LogP contribution in [-0.4, -0.2) is 15.1 Å². The summed E-state index contributed by atoms with van der Waals surface area (Å²) >= 11 is 0. The first kappa shape index (κ1) is 9.45. The van der Waals surface area contributed by atoms with Crippen LogP contribution in [-0.2, 0) is 0 Å². The van der Waals surface area contributed by atoms with E-state index in [-0.39, 0.29) is 5.75 Å². The molecule has 4 heteroatoms. The number of hydrogen-bond donors (Lipinski definition) is 2. The SMILES string of the molecule is Cc1cc(N)nc(-c2cccc(O)c2)n1. The minimum Gasteiger partial charge on any atom is -0.508 e. The Hall–Kier alpha value is -2.10. The van der Waals surface area contributed by atoms with Gasteiger partial charge in [-0.2, -0.15) is 0 Å². The van der Waals surface area contributed by atoms with Crippen molar-refractivity contribution in [2.45, 2.75) is 6.92 Å². The maximum absolute atomic E-state index is 9.33. The second kappa shape index (κ2) is 3.57. The topological polar surface area (TPSA) is 72.0 Å². The zero-order chi connectivity index (χ0) is 10.8. The van der Waals surface area contributed by atoms with Crippen LogP contribution < -0.4 is 5.73 Å². The normalized spacial score (nSPS) is 10.2. The molecule has 0 atom stereocenters. The van der Waals surface area contributed by atoms with E-state index in [2.05, 4.69) is 9.97 Å². The lowest BCUT2D eigenvalue weighted by molar-refractivity contribution is 0.475. The van der Waals surface area contributed by atoms with Crippen molar-refractivity contribution in [3.05, 3.63) is 36.0 Å². The molecule has 0 aliphatic rings. The molecule has 0 spiro atoms. The van der Waals surface area contributed by atoms with E-state index in [1.165, 1.54) is 0 Å². The van der Waals surface area contributed by atoms with Crippen molar-refractivity contribution in [2.75, 3.05) is 5.73 Å². The fraction of sp³-hybridized carbons (Fsp3) is 0.0909. The highest BCUT2D eigenvalue weighted by molar-refractivity contribution is 5.58. The number of hydrogen-bond acceptors (Lipinski definition) is 4. The molecule has 0 saturated heterocycles. The van der Waals surface area contributed by atoms with Crippen LogP contribution in [0.25, 0.3) is 11.4 Å². The molecule has 76 valence electrons. The zero-order valence-corrected chi connectivity index (χ0v) is 8.31. The molecule has 0 aliphatic heterocycles. The first-order valence-corrected chi connectivity index (χ1v) is 4.56. The average molecular weight is 201 g/mol. The van der Waals surface area contributed by atoms with Gasteiger partial charge in [0.2, 0.25) is 0 Å². The molecule has 0 aliphatic carbocycles. The lowest BCUT2D eigenvalue weighted by atomic mass is 10.2. The van der Waals surface area contributed by atoms with Gasteiger partial charge in [0.05, 0.1) is 0 Å². The summed E-state index contributed by atoms with van der Waals surface area (Å²) in [7, 11) is 0. The van der Waals surface area contributed by atoms with Crippen molar-refractivity contribution < 1.29 is 5.11 Å². The average Bonchev–Trinajstić information content (AvgIpc) is 2.16. The summed E-state index contributed by atoms with van der Waals surface area (Å²) in [5.41, 5.74) is 7.18. The smallest absolute Gasteiger partial charge is 0.161 e. The van der Waals surface area contributed by atoms with Crippen LogP contribution in [0.3, 0.4) is 0 Å². The third kappa shape index (κ3) is 2.04. The largest absolute Gasteiger partial charge is 0.508 e. The molecule has 0 fully saturated rings. The second-order valence-electron chi connectivity index (χ2n) is 3.31. The fourth-order valence-corrected chi connectivity index (χ4v) is 1.37. The first-order valence-electron chi connectivity index (χ1n) is 4.56. The van der Waals surface area contributed by atoms with Gasteiger partial charge in [-0.05, 0) is 19.1 Å². The lowest BCUT2D eigenvalue weighted by Gasteiger charge is -2.03. The van der Waals surface area contributed by atoms with E-state index in [4.69, 9.17) is 5.73 Å². The predicted octanol–water partition coefficient (Wildman–Crippen LogP) is 1.74. The van der Waals surface area contributed by atoms with Gasteiger partial charge < -0.3 is 10.8 Å². The standard InChI is InChI=1S/C11H11N3O/c1-7-5-10(12)14-11(13-7)8-3-2-4-9(15)6-8/h2-6,15H,1H3,(H2,12,13,14). The summed E-state index contributed by atoms with van der Waals surface area (Å²) in [6.45, 7) is 1.85. The lowest BCUT2D eigenvalue weighted by Crippen LogP contribution is -1.97. The third-order valence-corrected chi connectivity index (χ3v) is 1.98. The van der Waals surface area contributed by atoms with Gasteiger partial charge in [0.1, 0.15) is 11.6 Å². The van der Waals surface area contributed by atoms with Crippen LogP contribution in [0.2, 0.25) is 0 Å². The molecule has 3 N–H and O–H groups in total. The summed E-state index contributed by atoms with van der Waals surface area (Å²) in [5.74, 6) is 1.15. The summed E-state index contributed by atoms with van der Waals surface area (Å²) in [5, 5.41) is 9.33. The van der Waals surface area contributed by atoms with Gasteiger partial charge in [-0.25, -0.2) is 9.97 Å². The maximum Gasteiger partial charge on any atom is 0.161 e. The van der Waals surface area contributed by atoms with E-state index in [0.29, 0.717) is 11.6 Å². The maximum atomic E-state index is 9.33. The quantitative estimate of drug-likeness (QED) is 0.737. The summed E-state index contributed by atoms with van der Waals surface area (Å²) in [6.07, 6.45) is 0. The van der Waals surface area contributed by atoms with Gasteiger partial charge in [0.25, 0.3) is 0 Å². The Morgan fingerprint density at radius 2 is 2.00 bits per heavy atom. The Morgan fingerprint density at radius 1 is 1.20 bits per heavy atom. The van der Waals surface area contributed by atoms with Crippen LogP contribution in [0.5, 0.6) is 5.75 Å². The highest BCUT2D eigenvalue weighted by atomic mass is 16.3. The number of benzene rings is 1. The monoisotopic (exact) mass is 201 g/mol. The second-order valence-corrected chi connectivity index (χ2v) is 3.31. The Kier molecular flexibility index (Phi) is 2.25. The van der Waals surface area contributed by atoms with Crippen molar-refractivity contribution in [2.24, 2.45) is 0 Å². The molecular formula is C11H11N3O. The molecule has 0 radical (unpaired) electrons. The predicted molar refractivity (Wildman–Crippen MR) is 58.3 cm³/mol. The van der Waals surface area contributed by atoms with Gasteiger partial charge in [-0.1, -0.05) is 12.1 Å². The highest BCUT2D eigenvalue weighted by Crippen LogP contribution is 2.20. The van der Waals surface area contributed by atoms with E-state index in [1.807, 2.05) is 13.0 Å². The minimum absolute atomic E-state index is 0.191. The highest BCUT2D eigenvalue weighted by Gasteiger charge is 2.03. The third-order valence-electron chi connectivity index (χ3n) is 1.98. The van der Waals surface area contributed by atoms with E-state index in [1.54, 1.807) is 24.3 Å². The Bertz CT molecular complexity index is 477. The molecule has 1 aromatic heterocycles. The number of nitrogen functional groups attached to an aromatic ring is 1. The van der Waals surface area contributed by atoms with Crippen LogP contribution in [0.4, 0.5) is 5.82 Å². The molecule has 2 rings (SSSR count). The molecule has 0 saturated carbocycles. The van der Waals surface area contributed by atoms with Crippen molar-refractivity contribution in [1.29, 1.82) is 0 Å². The number of anilines is 1. The van der Waals surface area contributed by atoms with Crippen LogP contribution in [0.15, 0.2) is 30.3 Å². The van der Waals surface area contributed by atoms with Gasteiger partial charge in [-0.15, -0.1) is 0 Å². The molecular weight excluding hydrogens is 190 g/mol. The number of rotatable bonds is 1. The molecule has 15 heavy (non-hydrogen) atoms. The first-order chi connectivity index (χ1) is 7.15. The molecule has 0 bridgehead atoms. The minimum atomic E-state index is 0.191. The van der Waals surface area contributed by atoms with Gasteiger partial charge in [-0.3, -0.25) is 0 Å². The van der Waals surface area contributed by atoms with Crippen molar-refractivity contribution >= 4 is 5.82 Å². The van der Waals surface area contributed by atoms with E-state index < -0.39 is 0 Å². The Labute approximate surface area is 87.4 Å². The number of nitrogens with two attached hydrogens (primary N) is 1. The Balaban J connectivity index is 2.54. The fourth-order valence-electron chi connectivity index (χ4n) is 1.37. The summed E-state index contributed by atoms with van der Waals surface area (Å²) in [6, 6.07) is 8.48. The van der Waals surface area contributed by atoms with Crippen molar-refractivity contribution in [1.82, 2.24) is 9.97 Å². The van der Waals surface area contributed by atoms with Crippen molar-refractivity contribution in [3.8, 4) is 17.1 Å². The summed E-state index contributed by atoms with van der Waals surface area (Å²) in [4.78, 5) is 8.34. The van der Waals surface area contributed by atoms with Gasteiger partial charge >= 0.3 is 0 Å². The number of phenolic OH excluding ortho intramolecular Hbond substituents is 1. The molecule has 1 heterocycles. The number of aryl methyl sites for hydroxylation is 1. The number of nitrogens with zero attached hydrogens (tertiary/aromatic N) is 2. The Morgan fingerprint density at radius 3 is 2.67 bits per heavy atom. The van der Waals surface area contributed by atoms with Crippen molar-refractivity contribution in [3.63, 3.8) is 0 Å². The number of aromatic hydroxyl groups is 1. The van der Waals surface area contributed by atoms with Gasteiger partial charge in [0.15, 0.2) is 5.82 Å².